The normalized spacial score (nSPS) is 17.5. The number of benzene rings is 1. The van der Waals surface area contributed by atoms with Gasteiger partial charge in [-0.2, -0.15) is 0 Å². The summed E-state index contributed by atoms with van der Waals surface area (Å²) >= 11 is 1.88. The Morgan fingerprint density at radius 3 is 2.90 bits per heavy atom. The van der Waals surface area contributed by atoms with Crippen molar-refractivity contribution < 1.29 is 9.47 Å². The number of nitrogens with one attached hydrogen (secondary N) is 2. The topological polar surface area (TPSA) is 58.1 Å². The van der Waals surface area contributed by atoms with E-state index >= 15 is 0 Å². The van der Waals surface area contributed by atoms with Crippen LogP contribution in [0.2, 0.25) is 0 Å². The van der Waals surface area contributed by atoms with Gasteiger partial charge in [0, 0.05) is 55.8 Å². The van der Waals surface area contributed by atoms with Crippen molar-refractivity contribution in [3.05, 3.63) is 40.1 Å². The van der Waals surface area contributed by atoms with Crippen molar-refractivity contribution in [2.24, 2.45) is 4.99 Å². The van der Waals surface area contributed by atoms with Crippen LogP contribution in [0, 0.1) is 0 Å². The van der Waals surface area contributed by atoms with Crippen molar-refractivity contribution in [3.8, 4) is 11.5 Å². The SMILES string of the molecule is CN=C(NCC(C)N1CCc2sccc2C1)Nc1ccc2c(c1)OCCCO2.I. The van der Waals surface area contributed by atoms with Crippen molar-refractivity contribution in [1.29, 1.82) is 0 Å². The van der Waals surface area contributed by atoms with Gasteiger partial charge in [-0.1, -0.05) is 0 Å². The van der Waals surface area contributed by atoms with E-state index in [9.17, 15) is 0 Å². The first-order valence-electron chi connectivity index (χ1n) is 9.89. The highest BCUT2D eigenvalue weighted by atomic mass is 127. The lowest BCUT2D eigenvalue weighted by atomic mass is 10.1. The molecule has 0 bridgehead atoms. The van der Waals surface area contributed by atoms with Crippen molar-refractivity contribution in [1.82, 2.24) is 10.2 Å². The number of halogens is 1. The van der Waals surface area contributed by atoms with E-state index in [0.717, 1.165) is 55.6 Å². The molecule has 29 heavy (non-hydrogen) atoms. The van der Waals surface area contributed by atoms with Crippen molar-refractivity contribution >= 4 is 47.0 Å². The minimum atomic E-state index is 0. The van der Waals surface area contributed by atoms with E-state index in [1.807, 2.05) is 29.5 Å². The third kappa shape index (κ3) is 5.55. The van der Waals surface area contributed by atoms with E-state index in [2.05, 4.69) is 38.9 Å². The lowest BCUT2D eigenvalue weighted by Crippen LogP contribution is -2.45. The highest BCUT2D eigenvalue weighted by Crippen LogP contribution is 2.32. The zero-order valence-electron chi connectivity index (χ0n) is 16.9. The summed E-state index contributed by atoms with van der Waals surface area (Å²) in [6, 6.07) is 8.60. The average Bonchev–Trinajstić information content (AvgIpc) is 3.07. The van der Waals surface area contributed by atoms with Crippen molar-refractivity contribution in [3.63, 3.8) is 0 Å². The molecule has 1 aromatic heterocycles. The van der Waals surface area contributed by atoms with Crippen LogP contribution in [0.25, 0.3) is 0 Å². The first-order chi connectivity index (χ1) is 13.7. The van der Waals surface area contributed by atoms with Crippen LogP contribution in [-0.2, 0) is 13.0 Å². The van der Waals surface area contributed by atoms with Crippen LogP contribution in [0.5, 0.6) is 11.5 Å². The molecule has 1 unspecified atom stereocenters. The fourth-order valence-corrected chi connectivity index (χ4v) is 4.47. The van der Waals surface area contributed by atoms with Gasteiger partial charge in [0.25, 0.3) is 0 Å². The quantitative estimate of drug-likeness (QED) is 0.358. The lowest BCUT2D eigenvalue weighted by molar-refractivity contribution is 0.193. The van der Waals surface area contributed by atoms with E-state index in [1.165, 1.54) is 5.56 Å². The zero-order valence-corrected chi connectivity index (χ0v) is 20.1. The maximum atomic E-state index is 5.77. The Morgan fingerprint density at radius 2 is 2.07 bits per heavy atom. The molecule has 4 rings (SSSR count). The second kappa shape index (κ2) is 10.5. The molecule has 0 amide bonds. The number of fused-ring (bicyclic) bond motifs is 2. The van der Waals surface area contributed by atoms with Gasteiger partial charge in [-0.25, -0.2) is 0 Å². The Kier molecular flexibility index (Phi) is 8.02. The molecule has 1 aromatic carbocycles. The smallest absolute Gasteiger partial charge is 0.195 e. The minimum absolute atomic E-state index is 0. The molecule has 8 heteroatoms. The molecule has 2 N–H and O–H groups in total. The largest absolute Gasteiger partial charge is 0.490 e. The minimum Gasteiger partial charge on any atom is -0.490 e. The third-order valence-corrected chi connectivity index (χ3v) is 6.28. The summed E-state index contributed by atoms with van der Waals surface area (Å²) in [7, 11) is 1.79. The van der Waals surface area contributed by atoms with E-state index in [-0.39, 0.29) is 24.0 Å². The summed E-state index contributed by atoms with van der Waals surface area (Å²) in [5.74, 6) is 2.35. The molecule has 0 radical (unpaired) electrons. The van der Waals surface area contributed by atoms with Gasteiger partial charge < -0.3 is 20.1 Å². The number of nitrogens with zero attached hydrogens (tertiary/aromatic N) is 2. The fraction of sp³-hybridized carbons (Fsp3) is 0.476. The molecule has 6 nitrogen and oxygen atoms in total. The zero-order chi connectivity index (χ0) is 19.3. The van der Waals surface area contributed by atoms with E-state index < -0.39 is 0 Å². The van der Waals surface area contributed by atoms with Gasteiger partial charge >= 0.3 is 0 Å². The maximum Gasteiger partial charge on any atom is 0.195 e. The maximum absolute atomic E-state index is 5.77. The second-order valence-corrected chi connectivity index (χ2v) is 8.23. The number of thiophene rings is 1. The Morgan fingerprint density at radius 1 is 1.24 bits per heavy atom. The number of ether oxygens (including phenoxy) is 2. The van der Waals surface area contributed by atoms with Crippen molar-refractivity contribution in [2.75, 3.05) is 38.7 Å². The first kappa shape index (κ1) is 22.2. The van der Waals surface area contributed by atoms with Crippen LogP contribution >= 0.6 is 35.3 Å². The van der Waals surface area contributed by atoms with Crippen LogP contribution in [0.1, 0.15) is 23.8 Å². The predicted molar refractivity (Wildman–Crippen MR) is 130 cm³/mol. The molecule has 0 saturated heterocycles. The molecule has 2 aromatic rings. The Hall–Kier alpha value is -1.52. The predicted octanol–water partition coefficient (Wildman–Crippen LogP) is 3.96. The lowest BCUT2D eigenvalue weighted by Gasteiger charge is -2.32. The van der Waals surface area contributed by atoms with Gasteiger partial charge in [0.2, 0.25) is 0 Å². The third-order valence-electron chi connectivity index (χ3n) is 5.26. The van der Waals surface area contributed by atoms with Crippen LogP contribution in [-0.4, -0.2) is 50.3 Å². The fourth-order valence-electron chi connectivity index (χ4n) is 3.58. The van der Waals surface area contributed by atoms with Gasteiger partial charge in [0.15, 0.2) is 17.5 Å². The summed E-state index contributed by atoms with van der Waals surface area (Å²) in [6.45, 7) is 6.64. The molecule has 0 spiro atoms. The summed E-state index contributed by atoms with van der Waals surface area (Å²) in [6.07, 6.45) is 2.06. The molecule has 0 saturated carbocycles. The van der Waals surface area contributed by atoms with E-state index in [1.54, 1.807) is 11.9 Å². The molecule has 0 fully saturated rings. The van der Waals surface area contributed by atoms with Crippen molar-refractivity contribution in [2.45, 2.75) is 32.4 Å². The first-order valence-corrected chi connectivity index (χ1v) is 10.8. The molecule has 2 aliphatic heterocycles. The molecular formula is C21H29IN4O2S. The van der Waals surface area contributed by atoms with Crippen LogP contribution in [0.15, 0.2) is 34.6 Å². The highest BCUT2D eigenvalue weighted by Gasteiger charge is 2.21. The highest BCUT2D eigenvalue weighted by molar-refractivity contribution is 14.0. The second-order valence-electron chi connectivity index (χ2n) is 7.23. The molecule has 1 atom stereocenters. The van der Waals surface area contributed by atoms with Gasteiger partial charge in [-0.15, -0.1) is 35.3 Å². The van der Waals surface area contributed by atoms with E-state index in [0.29, 0.717) is 19.3 Å². The van der Waals surface area contributed by atoms with Crippen LogP contribution in [0.3, 0.4) is 0 Å². The Bertz CT molecular complexity index is 842. The van der Waals surface area contributed by atoms with Crippen LogP contribution < -0.4 is 20.1 Å². The summed E-state index contributed by atoms with van der Waals surface area (Å²) in [4.78, 5) is 8.44. The number of aliphatic imine (C=N–C) groups is 1. The Labute approximate surface area is 193 Å². The van der Waals surface area contributed by atoms with E-state index in [4.69, 9.17) is 9.47 Å². The average molecular weight is 528 g/mol. The monoisotopic (exact) mass is 528 g/mol. The number of guanidine groups is 1. The number of hydrogen-bond donors (Lipinski definition) is 2. The number of rotatable bonds is 4. The van der Waals surface area contributed by atoms with Gasteiger partial charge in [-0.05, 0) is 42.5 Å². The molecule has 0 aliphatic carbocycles. The standard InChI is InChI=1S/C21H28N4O2S.HI/c1-15(25-8-6-20-16(14-25)7-11-28-20)13-23-21(22-2)24-17-4-5-18-19(12-17)27-10-3-9-26-18;/h4-5,7,11-12,15H,3,6,8-10,13-14H2,1-2H3,(H2,22,23,24);1H. The van der Waals surface area contributed by atoms with Crippen LogP contribution in [0.4, 0.5) is 5.69 Å². The van der Waals surface area contributed by atoms with Gasteiger partial charge in [0.1, 0.15) is 0 Å². The number of anilines is 1. The van der Waals surface area contributed by atoms with Gasteiger partial charge in [0.05, 0.1) is 13.2 Å². The molecular weight excluding hydrogens is 499 g/mol. The molecule has 158 valence electrons. The Balaban J connectivity index is 0.00000240. The summed E-state index contributed by atoms with van der Waals surface area (Å²) in [5, 5.41) is 9.01. The molecule has 2 aliphatic rings. The number of hydrogen-bond acceptors (Lipinski definition) is 5. The molecule has 3 heterocycles. The summed E-state index contributed by atoms with van der Waals surface area (Å²) in [5.41, 5.74) is 2.42. The van der Waals surface area contributed by atoms with Gasteiger partial charge in [-0.3, -0.25) is 9.89 Å². The summed E-state index contributed by atoms with van der Waals surface area (Å²) < 4.78 is 11.5.